The van der Waals surface area contributed by atoms with E-state index in [-0.39, 0.29) is 5.69 Å². The zero-order chi connectivity index (χ0) is 16.9. The van der Waals surface area contributed by atoms with Crippen molar-refractivity contribution in [3.05, 3.63) is 59.7 Å². The lowest BCUT2D eigenvalue weighted by molar-refractivity contribution is 0.262. The van der Waals surface area contributed by atoms with Crippen LogP contribution in [-0.2, 0) is 0 Å². The third-order valence-electron chi connectivity index (χ3n) is 3.21. The van der Waals surface area contributed by atoms with Gasteiger partial charge in [0.25, 0.3) is 0 Å². The highest BCUT2D eigenvalue weighted by Gasteiger charge is 2.10. The number of urea groups is 1. The van der Waals surface area contributed by atoms with Crippen molar-refractivity contribution in [3.8, 4) is 17.0 Å². The molecule has 2 aromatic carbocycles. The van der Waals surface area contributed by atoms with Crippen molar-refractivity contribution < 1.29 is 13.9 Å². The van der Waals surface area contributed by atoms with E-state index < -0.39 is 11.8 Å². The molecule has 2 N–H and O–H groups in total. The van der Waals surface area contributed by atoms with Gasteiger partial charge < -0.3 is 10.1 Å². The minimum atomic E-state index is -0.549. The van der Waals surface area contributed by atoms with Crippen molar-refractivity contribution >= 4 is 28.2 Å². The second kappa shape index (κ2) is 7.10. The molecule has 24 heavy (non-hydrogen) atoms. The minimum absolute atomic E-state index is 0.111. The predicted molar refractivity (Wildman–Crippen MR) is 93.1 cm³/mol. The molecule has 0 radical (unpaired) electrons. The van der Waals surface area contributed by atoms with Crippen LogP contribution in [0.1, 0.15) is 0 Å². The average Bonchev–Trinajstić information content (AvgIpc) is 3.05. The normalized spacial score (nSPS) is 10.2. The fraction of sp³-hybridized carbons (Fsp3) is 0.0588. The number of nitrogens with one attached hydrogen (secondary N) is 2. The molecule has 0 bridgehead atoms. The molecule has 5 nitrogen and oxygen atoms in total. The first-order valence-corrected chi connectivity index (χ1v) is 7.96. The number of anilines is 2. The molecule has 3 aromatic rings. The summed E-state index contributed by atoms with van der Waals surface area (Å²) < 4.78 is 18.7. The van der Waals surface area contributed by atoms with Crippen LogP contribution in [0, 0.1) is 5.82 Å². The number of hydrogen-bond donors (Lipinski definition) is 2. The summed E-state index contributed by atoms with van der Waals surface area (Å²) >= 11 is 1.28. The van der Waals surface area contributed by atoms with E-state index in [2.05, 4.69) is 15.6 Å². The summed E-state index contributed by atoms with van der Waals surface area (Å²) in [5.74, 6) is 0.233. The quantitative estimate of drug-likeness (QED) is 0.727. The van der Waals surface area contributed by atoms with Crippen molar-refractivity contribution in [2.24, 2.45) is 0 Å². The topological polar surface area (TPSA) is 63.2 Å². The summed E-state index contributed by atoms with van der Waals surface area (Å²) in [5.41, 5.74) is 1.72. The van der Waals surface area contributed by atoms with Crippen LogP contribution in [0.3, 0.4) is 0 Å². The van der Waals surface area contributed by atoms with E-state index in [0.29, 0.717) is 5.13 Å². The molecule has 2 amide bonds. The SMILES string of the molecule is COc1cccc(-c2csc(NC(=O)Nc3ccccc3F)n2)c1. The molecule has 0 aliphatic rings. The van der Waals surface area contributed by atoms with Gasteiger partial charge in [0.15, 0.2) is 5.13 Å². The van der Waals surface area contributed by atoms with E-state index >= 15 is 0 Å². The van der Waals surface area contributed by atoms with Crippen molar-refractivity contribution in [2.45, 2.75) is 0 Å². The number of thiazole rings is 1. The minimum Gasteiger partial charge on any atom is -0.497 e. The van der Waals surface area contributed by atoms with Crippen LogP contribution in [0.5, 0.6) is 5.75 Å². The van der Waals surface area contributed by atoms with Gasteiger partial charge in [-0.2, -0.15) is 0 Å². The molecule has 1 aromatic heterocycles. The van der Waals surface area contributed by atoms with Crippen LogP contribution < -0.4 is 15.4 Å². The number of para-hydroxylation sites is 1. The Labute approximate surface area is 142 Å². The molecule has 0 aliphatic carbocycles. The molecule has 1 heterocycles. The Balaban J connectivity index is 1.69. The first-order chi connectivity index (χ1) is 11.7. The highest BCUT2D eigenvalue weighted by atomic mass is 32.1. The molecule has 122 valence electrons. The molecule has 0 atom stereocenters. The monoisotopic (exact) mass is 343 g/mol. The van der Waals surface area contributed by atoms with E-state index in [9.17, 15) is 9.18 Å². The highest BCUT2D eigenvalue weighted by molar-refractivity contribution is 7.14. The number of carbonyl (C=O) groups excluding carboxylic acids is 1. The largest absolute Gasteiger partial charge is 0.497 e. The molecule has 3 rings (SSSR count). The number of benzene rings is 2. The Morgan fingerprint density at radius 1 is 1.17 bits per heavy atom. The molecule has 7 heteroatoms. The molecule has 0 spiro atoms. The van der Waals surface area contributed by atoms with Crippen LogP contribution in [0.25, 0.3) is 11.3 Å². The number of halogens is 1. The number of carbonyl (C=O) groups is 1. The number of aromatic nitrogens is 1. The Bertz CT molecular complexity index is 866. The number of hydrogen-bond acceptors (Lipinski definition) is 4. The maximum atomic E-state index is 13.5. The Hall–Kier alpha value is -2.93. The molecule has 0 fully saturated rings. The third kappa shape index (κ3) is 3.69. The van der Waals surface area contributed by atoms with Crippen molar-refractivity contribution in [1.29, 1.82) is 0 Å². The summed E-state index contributed by atoms with van der Waals surface area (Å²) in [6.07, 6.45) is 0. The maximum Gasteiger partial charge on any atom is 0.325 e. The Kier molecular flexibility index (Phi) is 4.72. The van der Waals surface area contributed by atoms with Crippen molar-refractivity contribution in [2.75, 3.05) is 17.7 Å². The molecular weight excluding hydrogens is 329 g/mol. The lowest BCUT2D eigenvalue weighted by Crippen LogP contribution is -2.19. The van der Waals surface area contributed by atoms with E-state index in [1.807, 2.05) is 29.6 Å². The van der Waals surface area contributed by atoms with Crippen LogP contribution in [0.2, 0.25) is 0 Å². The predicted octanol–water partition coefficient (Wildman–Crippen LogP) is 4.60. The lowest BCUT2D eigenvalue weighted by atomic mass is 10.2. The van der Waals surface area contributed by atoms with E-state index in [1.54, 1.807) is 19.2 Å². The third-order valence-corrected chi connectivity index (χ3v) is 3.97. The smallest absolute Gasteiger partial charge is 0.325 e. The number of nitrogens with zero attached hydrogens (tertiary/aromatic N) is 1. The van der Waals surface area contributed by atoms with Gasteiger partial charge in [-0.05, 0) is 24.3 Å². The van der Waals surface area contributed by atoms with Gasteiger partial charge in [0.1, 0.15) is 11.6 Å². The first kappa shape index (κ1) is 15.9. The van der Waals surface area contributed by atoms with E-state index in [4.69, 9.17) is 4.74 Å². The summed E-state index contributed by atoms with van der Waals surface area (Å²) in [7, 11) is 1.60. The fourth-order valence-electron chi connectivity index (χ4n) is 2.06. The Morgan fingerprint density at radius 2 is 2.00 bits per heavy atom. The second-order valence-corrected chi connectivity index (χ2v) is 5.69. The van der Waals surface area contributed by atoms with Gasteiger partial charge in [-0.3, -0.25) is 5.32 Å². The van der Waals surface area contributed by atoms with Gasteiger partial charge in [0.2, 0.25) is 0 Å². The number of amides is 2. The van der Waals surface area contributed by atoms with Crippen LogP contribution in [0.15, 0.2) is 53.9 Å². The van der Waals surface area contributed by atoms with Gasteiger partial charge in [0, 0.05) is 10.9 Å². The zero-order valence-corrected chi connectivity index (χ0v) is 13.6. The summed E-state index contributed by atoms with van der Waals surface area (Å²) in [4.78, 5) is 16.3. The van der Waals surface area contributed by atoms with Gasteiger partial charge >= 0.3 is 6.03 Å². The van der Waals surface area contributed by atoms with Gasteiger partial charge in [0.05, 0.1) is 18.5 Å². The first-order valence-electron chi connectivity index (χ1n) is 7.08. The lowest BCUT2D eigenvalue weighted by Gasteiger charge is -2.06. The molecule has 0 aliphatic heterocycles. The molecule has 0 unspecified atom stereocenters. The summed E-state index contributed by atoms with van der Waals surface area (Å²) in [6.45, 7) is 0. The Morgan fingerprint density at radius 3 is 2.79 bits per heavy atom. The van der Waals surface area contributed by atoms with E-state index in [1.165, 1.54) is 23.5 Å². The standard InChI is InChI=1S/C17H14FN3O2S/c1-23-12-6-4-5-11(9-12)15-10-24-17(20-15)21-16(22)19-14-8-3-2-7-13(14)18/h2-10H,1H3,(H2,19,20,21,22). The van der Waals surface area contributed by atoms with Crippen molar-refractivity contribution in [1.82, 2.24) is 4.98 Å². The van der Waals surface area contributed by atoms with Crippen LogP contribution >= 0.6 is 11.3 Å². The average molecular weight is 343 g/mol. The zero-order valence-electron chi connectivity index (χ0n) is 12.7. The number of ether oxygens (including phenoxy) is 1. The summed E-state index contributed by atoms with van der Waals surface area (Å²) in [5, 5.41) is 7.29. The fourth-order valence-corrected chi connectivity index (χ4v) is 2.77. The second-order valence-electron chi connectivity index (χ2n) is 4.83. The number of methoxy groups -OCH3 is 1. The molecule has 0 saturated heterocycles. The molecule has 0 saturated carbocycles. The number of rotatable bonds is 4. The van der Waals surface area contributed by atoms with Crippen LogP contribution in [-0.4, -0.2) is 18.1 Å². The summed E-state index contributed by atoms with van der Waals surface area (Å²) in [6, 6.07) is 12.9. The van der Waals surface area contributed by atoms with Gasteiger partial charge in [-0.1, -0.05) is 24.3 Å². The van der Waals surface area contributed by atoms with Crippen LogP contribution in [0.4, 0.5) is 20.0 Å². The maximum absolute atomic E-state index is 13.5. The highest BCUT2D eigenvalue weighted by Crippen LogP contribution is 2.27. The van der Waals surface area contributed by atoms with Gasteiger partial charge in [-0.25, -0.2) is 14.2 Å². The van der Waals surface area contributed by atoms with Gasteiger partial charge in [-0.15, -0.1) is 11.3 Å². The molecular formula is C17H14FN3O2S. The van der Waals surface area contributed by atoms with E-state index in [0.717, 1.165) is 17.0 Å². The van der Waals surface area contributed by atoms with Crippen molar-refractivity contribution in [3.63, 3.8) is 0 Å².